The van der Waals surface area contributed by atoms with Gasteiger partial charge in [-0.25, -0.2) is 4.79 Å². The highest BCUT2D eigenvalue weighted by atomic mass is 32.1. The van der Waals surface area contributed by atoms with Crippen LogP contribution in [0.25, 0.3) is 11.1 Å². The second-order valence-corrected chi connectivity index (χ2v) is 7.67. The minimum Gasteiger partial charge on any atom is -0.477 e. The molecule has 1 aliphatic heterocycles. The zero-order chi connectivity index (χ0) is 19.0. The topological polar surface area (TPSA) is 66.4 Å². The highest BCUT2D eigenvalue weighted by molar-refractivity contribution is 7.15. The zero-order valence-electron chi connectivity index (χ0n) is 14.9. The van der Waals surface area contributed by atoms with Gasteiger partial charge in [-0.15, -0.1) is 11.3 Å². The van der Waals surface area contributed by atoms with E-state index in [2.05, 4.69) is 24.4 Å². The highest BCUT2D eigenvalue weighted by Gasteiger charge is 2.34. The van der Waals surface area contributed by atoms with Crippen molar-refractivity contribution in [3.63, 3.8) is 0 Å². The van der Waals surface area contributed by atoms with E-state index in [4.69, 9.17) is 0 Å². The normalized spacial score (nSPS) is 15.9. The van der Waals surface area contributed by atoms with E-state index in [1.54, 1.807) is 0 Å². The number of amides is 1. The van der Waals surface area contributed by atoms with Gasteiger partial charge < -0.3 is 10.4 Å². The molecule has 0 aliphatic carbocycles. The standard InChI is InChI=1S/C22H19NO3S/c1-2-13-8-10-14(11-9-13)16-12-17(24)23-19-18(15-6-4-3-5-7-15)21(22(25)26)27-20(16)19/h3-11,16H,2,12H2,1H3,(H,23,24)(H,25,26). The Morgan fingerprint density at radius 3 is 2.48 bits per heavy atom. The van der Waals surface area contributed by atoms with E-state index in [-0.39, 0.29) is 16.7 Å². The van der Waals surface area contributed by atoms with Crippen LogP contribution in [-0.4, -0.2) is 17.0 Å². The molecule has 1 aromatic heterocycles. The van der Waals surface area contributed by atoms with Gasteiger partial charge in [-0.3, -0.25) is 4.79 Å². The lowest BCUT2D eigenvalue weighted by atomic mass is 9.88. The van der Waals surface area contributed by atoms with E-state index in [0.29, 0.717) is 17.7 Å². The van der Waals surface area contributed by atoms with Gasteiger partial charge in [0.1, 0.15) is 4.88 Å². The van der Waals surface area contributed by atoms with Crippen molar-refractivity contribution in [1.29, 1.82) is 0 Å². The number of anilines is 1. The molecule has 5 heteroatoms. The first-order valence-electron chi connectivity index (χ1n) is 8.92. The summed E-state index contributed by atoms with van der Waals surface area (Å²) in [5.74, 6) is -1.18. The second kappa shape index (κ2) is 7.00. The van der Waals surface area contributed by atoms with Gasteiger partial charge in [-0.2, -0.15) is 0 Å². The number of carboxylic acid groups (broad SMARTS) is 1. The van der Waals surface area contributed by atoms with Gasteiger partial charge in [0.25, 0.3) is 0 Å². The number of carbonyl (C=O) groups excluding carboxylic acids is 1. The van der Waals surface area contributed by atoms with Crippen molar-refractivity contribution in [2.75, 3.05) is 5.32 Å². The summed E-state index contributed by atoms with van der Waals surface area (Å²) < 4.78 is 0. The molecule has 2 N–H and O–H groups in total. The first-order chi connectivity index (χ1) is 13.1. The number of thiophene rings is 1. The fraction of sp³-hybridized carbons (Fsp3) is 0.182. The zero-order valence-corrected chi connectivity index (χ0v) is 15.7. The predicted octanol–water partition coefficient (Wildman–Crippen LogP) is 5.15. The lowest BCUT2D eigenvalue weighted by Crippen LogP contribution is -2.22. The number of hydrogen-bond donors (Lipinski definition) is 2. The fourth-order valence-corrected chi connectivity index (χ4v) is 4.82. The molecule has 3 aromatic rings. The summed E-state index contributed by atoms with van der Waals surface area (Å²) in [7, 11) is 0. The molecule has 1 amide bonds. The van der Waals surface area contributed by atoms with Gasteiger partial charge in [-0.05, 0) is 23.1 Å². The molecule has 2 heterocycles. The predicted molar refractivity (Wildman–Crippen MR) is 108 cm³/mol. The van der Waals surface area contributed by atoms with E-state index in [0.717, 1.165) is 22.4 Å². The number of fused-ring (bicyclic) bond motifs is 1. The van der Waals surface area contributed by atoms with Crippen LogP contribution >= 0.6 is 11.3 Å². The van der Waals surface area contributed by atoms with Crippen molar-refractivity contribution >= 4 is 28.9 Å². The SMILES string of the molecule is CCc1ccc(C2CC(=O)Nc3c2sc(C(=O)O)c3-c2ccccc2)cc1. The minimum atomic E-state index is -0.970. The summed E-state index contributed by atoms with van der Waals surface area (Å²) in [6, 6.07) is 17.6. The van der Waals surface area contributed by atoms with Crippen molar-refractivity contribution in [1.82, 2.24) is 0 Å². The Labute approximate surface area is 161 Å². The molecule has 136 valence electrons. The Balaban J connectivity index is 1.89. The summed E-state index contributed by atoms with van der Waals surface area (Å²) in [6.07, 6.45) is 1.28. The molecule has 2 aromatic carbocycles. The molecule has 0 fully saturated rings. The quantitative estimate of drug-likeness (QED) is 0.661. The number of aromatic carboxylic acids is 1. The van der Waals surface area contributed by atoms with Crippen LogP contribution < -0.4 is 5.32 Å². The molecule has 4 nitrogen and oxygen atoms in total. The molecule has 1 atom stereocenters. The van der Waals surface area contributed by atoms with Gasteiger partial charge in [0.05, 0.1) is 5.69 Å². The summed E-state index contributed by atoms with van der Waals surface area (Å²) >= 11 is 1.27. The number of rotatable bonds is 4. The molecule has 0 spiro atoms. The molecule has 0 saturated carbocycles. The molecule has 1 unspecified atom stereocenters. The highest BCUT2D eigenvalue weighted by Crippen LogP contribution is 2.49. The Morgan fingerprint density at radius 1 is 1.15 bits per heavy atom. The molecule has 4 rings (SSSR count). The lowest BCUT2D eigenvalue weighted by Gasteiger charge is -2.24. The molecule has 1 aliphatic rings. The van der Waals surface area contributed by atoms with Crippen LogP contribution in [0.2, 0.25) is 0 Å². The molecular weight excluding hydrogens is 358 g/mol. The van der Waals surface area contributed by atoms with Crippen molar-refractivity contribution in [3.8, 4) is 11.1 Å². The second-order valence-electron chi connectivity index (χ2n) is 6.62. The maximum Gasteiger partial charge on any atom is 0.346 e. The maximum absolute atomic E-state index is 12.4. The van der Waals surface area contributed by atoms with Crippen LogP contribution in [0.15, 0.2) is 54.6 Å². The van der Waals surface area contributed by atoms with Crippen LogP contribution in [0.4, 0.5) is 5.69 Å². The van der Waals surface area contributed by atoms with E-state index in [9.17, 15) is 14.7 Å². The molecular formula is C22H19NO3S. The Hall–Kier alpha value is -2.92. The first-order valence-corrected chi connectivity index (χ1v) is 9.74. The maximum atomic E-state index is 12.4. The number of nitrogens with one attached hydrogen (secondary N) is 1. The van der Waals surface area contributed by atoms with E-state index >= 15 is 0 Å². The van der Waals surface area contributed by atoms with E-state index in [1.807, 2.05) is 42.5 Å². The van der Waals surface area contributed by atoms with Gasteiger partial charge in [0.2, 0.25) is 5.91 Å². The van der Waals surface area contributed by atoms with E-state index in [1.165, 1.54) is 16.9 Å². The largest absolute Gasteiger partial charge is 0.477 e. The molecule has 0 radical (unpaired) electrons. The first kappa shape index (κ1) is 17.5. The number of aryl methyl sites for hydroxylation is 1. The number of carboxylic acids is 1. The lowest BCUT2D eigenvalue weighted by molar-refractivity contribution is -0.116. The number of benzene rings is 2. The molecule has 0 saturated heterocycles. The fourth-order valence-electron chi connectivity index (χ4n) is 3.57. The van der Waals surface area contributed by atoms with Gasteiger partial charge in [-0.1, -0.05) is 61.5 Å². The molecule has 27 heavy (non-hydrogen) atoms. The third-order valence-electron chi connectivity index (χ3n) is 4.95. The van der Waals surface area contributed by atoms with Crippen molar-refractivity contribution in [2.45, 2.75) is 25.7 Å². The van der Waals surface area contributed by atoms with Gasteiger partial charge in [0, 0.05) is 22.8 Å². The number of hydrogen-bond acceptors (Lipinski definition) is 3. The monoisotopic (exact) mass is 377 g/mol. The van der Waals surface area contributed by atoms with Crippen LogP contribution in [-0.2, 0) is 11.2 Å². The van der Waals surface area contributed by atoms with E-state index < -0.39 is 5.97 Å². The molecule has 0 bridgehead atoms. The average Bonchev–Trinajstić information content (AvgIpc) is 3.07. The summed E-state index contributed by atoms with van der Waals surface area (Å²) in [5, 5.41) is 12.7. The Morgan fingerprint density at radius 2 is 1.85 bits per heavy atom. The number of carbonyl (C=O) groups is 2. The third kappa shape index (κ3) is 3.15. The smallest absolute Gasteiger partial charge is 0.346 e. The summed E-state index contributed by atoms with van der Waals surface area (Å²) in [6.45, 7) is 2.10. The van der Waals surface area contributed by atoms with Crippen LogP contribution in [0.5, 0.6) is 0 Å². The van der Waals surface area contributed by atoms with Crippen LogP contribution in [0.1, 0.15) is 44.9 Å². The minimum absolute atomic E-state index is 0.0843. The Kier molecular flexibility index (Phi) is 4.54. The van der Waals surface area contributed by atoms with Crippen molar-refractivity contribution < 1.29 is 14.7 Å². The van der Waals surface area contributed by atoms with Crippen LogP contribution in [0, 0.1) is 0 Å². The Bertz CT molecular complexity index is 1010. The average molecular weight is 377 g/mol. The van der Waals surface area contributed by atoms with Crippen molar-refractivity contribution in [2.24, 2.45) is 0 Å². The van der Waals surface area contributed by atoms with Gasteiger partial charge >= 0.3 is 5.97 Å². The van der Waals surface area contributed by atoms with Gasteiger partial charge in [0.15, 0.2) is 0 Å². The summed E-state index contributed by atoms with van der Waals surface area (Å²) in [4.78, 5) is 25.5. The van der Waals surface area contributed by atoms with Crippen molar-refractivity contribution in [3.05, 3.63) is 75.5 Å². The summed E-state index contributed by atoms with van der Waals surface area (Å²) in [5.41, 5.74) is 4.33. The third-order valence-corrected chi connectivity index (χ3v) is 6.24. The van der Waals surface area contributed by atoms with Crippen LogP contribution in [0.3, 0.4) is 0 Å².